The van der Waals surface area contributed by atoms with Crippen LogP contribution in [0.2, 0.25) is 0 Å². The second-order valence-corrected chi connectivity index (χ2v) is 4.71. The second-order valence-electron chi connectivity index (χ2n) is 4.71. The summed E-state index contributed by atoms with van der Waals surface area (Å²) in [4.78, 5) is 22.7. The summed E-state index contributed by atoms with van der Waals surface area (Å²) in [6, 6.07) is 7.60. The molecule has 2 unspecified atom stereocenters. The molecule has 2 N–H and O–H groups in total. The average molecular weight is 230 g/mol. The molecule has 1 heterocycles. The zero-order valence-corrected chi connectivity index (χ0v) is 9.40. The van der Waals surface area contributed by atoms with Gasteiger partial charge in [-0.2, -0.15) is 0 Å². The van der Waals surface area contributed by atoms with Gasteiger partial charge in [-0.1, -0.05) is 24.3 Å². The zero-order chi connectivity index (χ0) is 11.8. The third kappa shape index (κ3) is 1.79. The summed E-state index contributed by atoms with van der Waals surface area (Å²) in [5.74, 6) is 0.0377. The van der Waals surface area contributed by atoms with E-state index < -0.39 is 0 Å². The fourth-order valence-electron chi connectivity index (χ4n) is 2.77. The van der Waals surface area contributed by atoms with Crippen molar-refractivity contribution in [3.63, 3.8) is 0 Å². The third-order valence-corrected chi connectivity index (χ3v) is 3.66. The van der Waals surface area contributed by atoms with Crippen molar-refractivity contribution in [1.29, 1.82) is 0 Å². The molecular weight excluding hydrogens is 216 g/mol. The van der Waals surface area contributed by atoms with Gasteiger partial charge in [0.1, 0.15) is 6.04 Å². The minimum atomic E-state index is -0.362. The molecule has 1 fully saturated rings. The van der Waals surface area contributed by atoms with Crippen molar-refractivity contribution in [1.82, 2.24) is 10.6 Å². The molecule has 0 spiro atoms. The predicted molar refractivity (Wildman–Crippen MR) is 62.4 cm³/mol. The summed E-state index contributed by atoms with van der Waals surface area (Å²) >= 11 is 0. The van der Waals surface area contributed by atoms with Crippen LogP contribution in [-0.4, -0.2) is 18.0 Å². The third-order valence-electron chi connectivity index (χ3n) is 3.66. The summed E-state index contributed by atoms with van der Waals surface area (Å²) in [6.07, 6.45) is 2.81. The summed E-state index contributed by atoms with van der Waals surface area (Å²) in [7, 11) is 0. The van der Waals surface area contributed by atoms with Crippen LogP contribution in [0.4, 0.5) is 4.79 Å². The number of aryl methyl sites for hydroxylation is 1. The Balaban J connectivity index is 1.80. The molecular formula is C13H14N2O2. The molecule has 1 saturated heterocycles. The normalized spacial score (nSPS) is 27.3. The van der Waals surface area contributed by atoms with Crippen molar-refractivity contribution >= 4 is 11.9 Å². The number of carbonyl (C=O) groups is 2. The zero-order valence-electron chi connectivity index (χ0n) is 9.40. The van der Waals surface area contributed by atoms with E-state index in [0.29, 0.717) is 0 Å². The Labute approximate surface area is 99.4 Å². The van der Waals surface area contributed by atoms with Crippen molar-refractivity contribution in [2.24, 2.45) is 5.92 Å². The van der Waals surface area contributed by atoms with Gasteiger partial charge < -0.3 is 5.32 Å². The molecule has 3 rings (SSSR count). The van der Waals surface area contributed by atoms with Crippen LogP contribution in [0.15, 0.2) is 24.3 Å². The number of urea groups is 1. The van der Waals surface area contributed by atoms with Crippen LogP contribution in [0.5, 0.6) is 0 Å². The monoisotopic (exact) mass is 230 g/mol. The van der Waals surface area contributed by atoms with E-state index in [1.807, 2.05) is 12.1 Å². The van der Waals surface area contributed by atoms with Crippen LogP contribution < -0.4 is 10.6 Å². The Morgan fingerprint density at radius 2 is 1.88 bits per heavy atom. The van der Waals surface area contributed by atoms with Crippen LogP contribution in [0, 0.1) is 5.92 Å². The van der Waals surface area contributed by atoms with Crippen molar-refractivity contribution in [3.8, 4) is 0 Å². The Hall–Kier alpha value is -1.84. The van der Waals surface area contributed by atoms with E-state index in [2.05, 4.69) is 22.8 Å². The highest BCUT2D eigenvalue weighted by atomic mass is 16.2. The van der Waals surface area contributed by atoms with Gasteiger partial charge in [-0.25, -0.2) is 4.79 Å². The molecule has 17 heavy (non-hydrogen) atoms. The molecule has 4 heteroatoms. The minimum absolute atomic E-state index is 0.181. The van der Waals surface area contributed by atoms with Gasteiger partial charge in [-0.05, 0) is 36.3 Å². The minimum Gasteiger partial charge on any atom is -0.326 e. The Kier molecular flexibility index (Phi) is 2.35. The Morgan fingerprint density at radius 1 is 1.12 bits per heavy atom. The lowest BCUT2D eigenvalue weighted by atomic mass is 9.80. The number of hydrogen-bond donors (Lipinski definition) is 2. The van der Waals surface area contributed by atoms with E-state index in [1.165, 1.54) is 11.1 Å². The first-order chi connectivity index (χ1) is 8.24. The Bertz CT molecular complexity index is 484. The fourth-order valence-corrected chi connectivity index (χ4v) is 2.77. The molecule has 3 amide bonds. The molecule has 2 aliphatic rings. The molecule has 0 saturated carbocycles. The van der Waals surface area contributed by atoms with E-state index >= 15 is 0 Å². The first-order valence-corrected chi connectivity index (χ1v) is 5.92. The molecule has 1 aromatic carbocycles. The highest BCUT2D eigenvalue weighted by Gasteiger charge is 2.37. The highest BCUT2D eigenvalue weighted by molar-refractivity contribution is 6.04. The number of fused-ring (bicyclic) bond motifs is 1. The van der Waals surface area contributed by atoms with Crippen LogP contribution in [0.25, 0.3) is 0 Å². The lowest BCUT2D eigenvalue weighted by molar-refractivity contribution is -0.121. The molecule has 2 atom stereocenters. The molecule has 1 aliphatic heterocycles. The Morgan fingerprint density at radius 3 is 2.59 bits per heavy atom. The standard InChI is InChI=1S/C13H14N2O2/c16-12-11(14-13(17)15-12)10-6-5-8-3-1-2-4-9(8)7-10/h1-4,10-11H,5-7H2,(H2,14,15,16,17). The van der Waals surface area contributed by atoms with Gasteiger partial charge in [-0.3, -0.25) is 10.1 Å². The van der Waals surface area contributed by atoms with Gasteiger partial charge in [-0.15, -0.1) is 0 Å². The first-order valence-electron chi connectivity index (χ1n) is 5.92. The van der Waals surface area contributed by atoms with Crippen LogP contribution in [0.1, 0.15) is 17.5 Å². The number of imide groups is 1. The largest absolute Gasteiger partial charge is 0.326 e. The number of carbonyl (C=O) groups excluding carboxylic acids is 2. The van der Waals surface area contributed by atoms with Gasteiger partial charge in [0.15, 0.2) is 0 Å². The van der Waals surface area contributed by atoms with Crippen LogP contribution >= 0.6 is 0 Å². The van der Waals surface area contributed by atoms with E-state index in [4.69, 9.17) is 0 Å². The molecule has 88 valence electrons. The van der Waals surface area contributed by atoms with Crippen molar-refractivity contribution in [2.45, 2.75) is 25.3 Å². The number of benzene rings is 1. The van der Waals surface area contributed by atoms with E-state index in [-0.39, 0.29) is 23.9 Å². The van der Waals surface area contributed by atoms with Gasteiger partial charge in [0.25, 0.3) is 5.91 Å². The SMILES string of the molecule is O=C1NC(=O)C(C2CCc3ccccc3C2)N1. The van der Waals surface area contributed by atoms with E-state index in [0.717, 1.165) is 19.3 Å². The number of rotatable bonds is 1. The summed E-state index contributed by atoms with van der Waals surface area (Å²) in [5.41, 5.74) is 2.67. The molecule has 0 bridgehead atoms. The number of amides is 3. The van der Waals surface area contributed by atoms with Crippen molar-refractivity contribution in [2.75, 3.05) is 0 Å². The molecule has 1 aliphatic carbocycles. The molecule has 4 nitrogen and oxygen atoms in total. The average Bonchev–Trinajstić information content (AvgIpc) is 2.68. The lowest BCUT2D eigenvalue weighted by Gasteiger charge is -2.27. The maximum Gasteiger partial charge on any atom is 0.322 e. The fraction of sp³-hybridized carbons (Fsp3) is 0.385. The quantitative estimate of drug-likeness (QED) is 0.707. The van der Waals surface area contributed by atoms with E-state index in [1.54, 1.807) is 0 Å². The maximum atomic E-state index is 11.6. The molecule has 0 radical (unpaired) electrons. The second kappa shape index (κ2) is 3.87. The van der Waals surface area contributed by atoms with Gasteiger partial charge >= 0.3 is 6.03 Å². The highest BCUT2D eigenvalue weighted by Crippen LogP contribution is 2.28. The van der Waals surface area contributed by atoms with Crippen LogP contribution in [0.3, 0.4) is 0 Å². The maximum absolute atomic E-state index is 11.6. The number of hydrogen-bond acceptors (Lipinski definition) is 2. The van der Waals surface area contributed by atoms with E-state index in [9.17, 15) is 9.59 Å². The van der Waals surface area contributed by atoms with Gasteiger partial charge in [0, 0.05) is 0 Å². The topological polar surface area (TPSA) is 58.2 Å². The van der Waals surface area contributed by atoms with Crippen molar-refractivity contribution < 1.29 is 9.59 Å². The molecule has 0 aromatic heterocycles. The van der Waals surface area contributed by atoms with Gasteiger partial charge in [0.2, 0.25) is 0 Å². The smallest absolute Gasteiger partial charge is 0.322 e. The first kappa shape index (κ1) is 10.3. The van der Waals surface area contributed by atoms with Crippen LogP contribution in [-0.2, 0) is 17.6 Å². The summed E-state index contributed by atoms with van der Waals surface area (Å²) in [6.45, 7) is 0. The lowest BCUT2D eigenvalue weighted by Crippen LogP contribution is -2.39. The summed E-state index contributed by atoms with van der Waals surface area (Å²) in [5, 5.41) is 5.00. The molecule has 1 aromatic rings. The van der Waals surface area contributed by atoms with Gasteiger partial charge in [0.05, 0.1) is 0 Å². The summed E-state index contributed by atoms with van der Waals surface area (Å²) < 4.78 is 0. The number of nitrogens with one attached hydrogen (secondary N) is 2. The van der Waals surface area contributed by atoms with Crippen molar-refractivity contribution in [3.05, 3.63) is 35.4 Å². The predicted octanol–water partition coefficient (Wildman–Crippen LogP) is 1.000.